The number of imidazole rings is 1. The number of hydrogen-bond acceptors (Lipinski definition) is 7. The molecule has 2 aromatic heterocycles. The molecular weight excluding hydrogens is 410 g/mol. The van der Waals surface area contributed by atoms with Crippen molar-refractivity contribution < 1.29 is 8.42 Å². The number of nitriles is 1. The van der Waals surface area contributed by atoms with Crippen molar-refractivity contribution in [3.05, 3.63) is 28.7 Å². The molecular formula is C11H6BrN5O2S3. The van der Waals surface area contributed by atoms with Crippen LogP contribution in [0.5, 0.6) is 0 Å². The molecule has 0 aliphatic rings. The van der Waals surface area contributed by atoms with Gasteiger partial charge in [0.15, 0.2) is 0 Å². The lowest BCUT2D eigenvalue weighted by Crippen LogP contribution is -2.12. The van der Waals surface area contributed by atoms with Gasteiger partial charge < -0.3 is 0 Å². The minimum atomic E-state index is -3.90. The number of sulfonamides is 1. The molecule has 11 heteroatoms. The summed E-state index contributed by atoms with van der Waals surface area (Å²) in [6.07, 6.45) is 0. The minimum Gasteiger partial charge on any atom is -0.223 e. The van der Waals surface area contributed by atoms with Gasteiger partial charge in [-0.15, -0.1) is 5.10 Å². The Bertz CT molecular complexity index is 1000. The highest BCUT2D eigenvalue weighted by atomic mass is 79.9. The van der Waals surface area contributed by atoms with E-state index in [0.717, 1.165) is 33.1 Å². The number of halogens is 1. The molecule has 7 nitrogen and oxygen atoms in total. The lowest BCUT2D eigenvalue weighted by molar-refractivity contribution is 0.594. The average molecular weight is 416 g/mol. The van der Waals surface area contributed by atoms with Gasteiger partial charge in [-0.1, -0.05) is 39.4 Å². The quantitative estimate of drug-likeness (QED) is 0.518. The Kier molecular flexibility index (Phi) is 3.96. The van der Waals surface area contributed by atoms with E-state index in [1.807, 2.05) is 29.7 Å². The summed E-state index contributed by atoms with van der Waals surface area (Å²) in [5.74, 6) is 0. The number of thioether (sulfide) groups is 1. The van der Waals surface area contributed by atoms with Crippen LogP contribution in [0.25, 0.3) is 16.2 Å². The molecule has 3 rings (SSSR count). The van der Waals surface area contributed by atoms with Gasteiger partial charge in [0.05, 0.1) is 0 Å². The molecule has 0 spiro atoms. The number of nitrogens with two attached hydrogens (primary N) is 1. The van der Waals surface area contributed by atoms with E-state index in [1.165, 1.54) is 4.52 Å². The van der Waals surface area contributed by atoms with Gasteiger partial charge in [-0.25, -0.2) is 18.5 Å². The maximum Gasteiger partial charge on any atom is 0.267 e. The number of hydrogen-bond donors (Lipinski definition) is 1. The zero-order valence-electron chi connectivity index (χ0n) is 10.6. The van der Waals surface area contributed by atoms with Crippen molar-refractivity contribution in [1.82, 2.24) is 14.6 Å². The summed E-state index contributed by atoms with van der Waals surface area (Å²) >= 11 is 5.07. The third kappa shape index (κ3) is 2.75. The van der Waals surface area contributed by atoms with Crippen LogP contribution in [0.1, 0.15) is 0 Å². The predicted molar refractivity (Wildman–Crippen MR) is 86.8 cm³/mol. The molecule has 0 saturated carbocycles. The molecule has 0 aliphatic carbocycles. The highest BCUT2D eigenvalue weighted by Gasteiger charge is 2.22. The average Bonchev–Trinajstić information content (AvgIpc) is 2.99. The van der Waals surface area contributed by atoms with Crippen molar-refractivity contribution in [2.24, 2.45) is 5.14 Å². The summed E-state index contributed by atoms with van der Waals surface area (Å²) in [6.45, 7) is 0. The first-order valence-corrected chi connectivity index (χ1v) is 9.61. The number of fused-ring (bicyclic) bond motifs is 1. The van der Waals surface area contributed by atoms with Gasteiger partial charge in [-0.2, -0.15) is 9.78 Å². The zero-order valence-corrected chi connectivity index (χ0v) is 14.6. The van der Waals surface area contributed by atoms with Crippen LogP contribution < -0.4 is 5.14 Å². The molecule has 2 heterocycles. The summed E-state index contributed by atoms with van der Waals surface area (Å²) in [5, 5.41) is 20.4. The maximum atomic E-state index is 11.4. The van der Waals surface area contributed by atoms with E-state index in [2.05, 4.69) is 26.0 Å². The van der Waals surface area contributed by atoms with Gasteiger partial charge in [0.1, 0.15) is 16.1 Å². The molecule has 0 radical (unpaired) electrons. The molecule has 0 fully saturated rings. The molecule has 0 atom stereocenters. The maximum absolute atomic E-state index is 11.4. The first kappa shape index (κ1) is 15.4. The number of benzene rings is 1. The lowest BCUT2D eigenvalue weighted by Gasteiger charge is -1.99. The monoisotopic (exact) mass is 415 g/mol. The fourth-order valence-electron chi connectivity index (χ4n) is 1.76. The van der Waals surface area contributed by atoms with E-state index >= 15 is 0 Å². The van der Waals surface area contributed by atoms with Crippen LogP contribution in [-0.4, -0.2) is 23.0 Å². The first-order valence-electron chi connectivity index (χ1n) is 5.64. The highest BCUT2D eigenvalue weighted by molar-refractivity contribution is 9.10. The number of aromatic nitrogens is 3. The molecule has 2 N–H and O–H groups in total. The SMILES string of the molecule is N#CSc1c(-c2ccc(Br)cc2)nc2sc(S(N)(=O)=O)nn12. The Labute approximate surface area is 142 Å². The summed E-state index contributed by atoms with van der Waals surface area (Å²) in [7, 11) is -3.90. The van der Waals surface area contributed by atoms with Crippen LogP contribution in [0.4, 0.5) is 0 Å². The van der Waals surface area contributed by atoms with E-state index in [1.54, 1.807) is 0 Å². The summed E-state index contributed by atoms with van der Waals surface area (Å²) in [6, 6.07) is 7.40. The summed E-state index contributed by atoms with van der Waals surface area (Å²) in [4.78, 5) is 4.74. The lowest BCUT2D eigenvalue weighted by atomic mass is 10.2. The van der Waals surface area contributed by atoms with Crippen LogP contribution in [-0.2, 0) is 10.0 Å². The number of thiocyanates is 1. The van der Waals surface area contributed by atoms with Crippen LogP contribution in [0, 0.1) is 10.7 Å². The Balaban J connectivity index is 2.23. The standard InChI is InChI=1S/C11H6BrN5O2S3/c12-7-3-1-6(2-4-7)8-9(20-5-13)17-10(15-8)21-11(16-17)22(14,18)19/h1-4H,(H2,14,18,19). The largest absolute Gasteiger partial charge is 0.267 e. The van der Waals surface area contributed by atoms with Crippen molar-refractivity contribution in [2.75, 3.05) is 0 Å². The fourth-order valence-corrected chi connectivity index (χ4v) is 4.16. The van der Waals surface area contributed by atoms with E-state index in [-0.39, 0.29) is 4.34 Å². The second-order valence-corrected chi connectivity index (χ2v) is 8.45. The molecule has 1 aromatic carbocycles. The van der Waals surface area contributed by atoms with Gasteiger partial charge in [0, 0.05) is 21.8 Å². The Morgan fingerprint density at radius 1 is 1.36 bits per heavy atom. The highest BCUT2D eigenvalue weighted by Crippen LogP contribution is 2.34. The van der Waals surface area contributed by atoms with Gasteiger partial charge in [-0.05, 0) is 12.1 Å². The van der Waals surface area contributed by atoms with Gasteiger partial charge in [0.25, 0.3) is 10.0 Å². The predicted octanol–water partition coefficient (Wildman–Crippen LogP) is 2.44. The van der Waals surface area contributed by atoms with Crippen LogP contribution in [0.3, 0.4) is 0 Å². The van der Waals surface area contributed by atoms with Crippen molar-refractivity contribution in [2.45, 2.75) is 9.37 Å². The molecule has 3 aromatic rings. The van der Waals surface area contributed by atoms with Gasteiger partial charge in [0.2, 0.25) is 9.30 Å². The van der Waals surface area contributed by atoms with E-state index in [9.17, 15) is 8.42 Å². The Hall–Kier alpha value is -1.45. The molecule has 0 bridgehead atoms. The normalized spacial score (nSPS) is 11.7. The van der Waals surface area contributed by atoms with Crippen molar-refractivity contribution in [3.8, 4) is 16.7 Å². The molecule has 0 saturated heterocycles. The van der Waals surface area contributed by atoms with Gasteiger partial charge in [-0.3, -0.25) is 0 Å². The van der Waals surface area contributed by atoms with Crippen LogP contribution >= 0.6 is 39.0 Å². The second kappa shape index (κ2) is 5.64. The molecule has 0 aliphatic heterocycles. The molecule has 22 heavy (non-hydrogen) atoms. The van der Waals surface area contributed by atoms with Crippen LogP contribution in [0.15, 0.2) is 38.1 Å². The van der Waals surface area contributed by atoms with Crippen LogP contribution in [0.2, 0.25) is 0 Å². The van der Waals surface area contributed by atoms with E-state index in [4.69, 9.17) is 10.4 Å². The Morgan fingerprint density at radius 2 is 2.05 bits per heavy atom. The first-order chi connectivity index (χ1) is 10.4. The van der Waals surface area contributed by atoms with Gasteiger partial charge >= 0.3 is 0 Å². The van der Waals surface area contributed by atoms with E-state index in [0.29, 0.717) is 15.7 Å². The molecule has 0 amide bonds. The van der Waals surface area contributed by atoms with Crippen molar-refractivity contribution >= 4 is 54.0 Å². The second-order valence-electron chi connectivity index (χ2n) is 4.07. The zero-order chi connectivity index (χ0) is 15.9. The summed E-state index contributed by atoms with van der Waals surface area (Å²) < 4.78 is 24.7. The number of nitrogens with zero attached hydrogens (tertiary/aromatic N) is 4. The number of primary sulfonamides is 1. The number of rotatable bonds is 3. The summed E-state index contributed by atoms with van der Waals surface area (Å²) in [5.41, 5.74) is 1.37. The third-order valence-corrected chi connectivity index (χ3v) is 6.05. The fraction of sp³-hybridized carbons (Fsp3) is 0. The minimum absolute atomic E-state index is 0.239. The van der Waals surface area contributed by atoms with Crippen molar-refractivity contribution in [1.29, 1.82) is 5.26 Å². The smallest absolute Gasteiger partial charge is 0.223 e. The third-order valence-electron chi connectivity index (χ3n) is 2.65. The molecule has 0 unspecified atom stereocenters. The Morgan fingerprint density at radius 3 is 2.64 bits per heavy atom. The van der Waals surface area contributed by atoms with E-state index < -0.39 is 10.0 Å². The molecule has 112 valence electrons. The topological polar surface area (TPSA) is 114 Å². The van der Waals surface area contributed by atoms with Crippen molar-refractivity contribution in [3.63, 3.8) is 0 Å².